The maximum Gasteiger partial charge on any atom is 0.236 e. The molecule has 1 aliphatic rings. The van der Waals surface area contributed by atoms with Crippen molar-refractivity contribution in [3.63, 3.8) is 0 Å². The molecule has 2 atom stereocenters. The van der Waals surface area contributed by atoms with E-state index in [0.717, 1.165) is 32.5 Å². The van der Waals surface area contributed by atoms with Crippen molar-refractivity contribution in [3.8, 4) is 0 Å². The first kappa shape index (κ1) is 16.4. The van der Waals surface area contributed by atoms with Gasteiger partial charge in [-0.15, -0.1) is 0 Å². The molecule has 0 aromatic rings. The van der Waals surface area contributed by atoms with Gasteiger partial charge in [-0.05, 0) is 52.6 Å². The van der Waals surface area contributed by atoms with Crippen molar-refractivity contribution in [1.82, 2.24) is 15.5 Å². The van der Waals surface area contributed by atoms with Gasteiger partial charge in [-0.1, -0.05) is 13.3 Å². The predicted octanol–water partition coefficient (Wildman–Crippen LogP) is 1.61. The van der Waals surface area contributed by atoms with E-state index < -0.39 is 0 Å². The minimum atomic E-state index is -0.0787. The molecule has 0 aliphatic carbocycles. The quantitative estimate of drug-likeness (QED) is 0.658. The van der Waals surface area contributed by atoms with Crippen LogP contribution >= 0.6 is 0 Å². The number of amides is 1. The fraction of sp³-hybridized carbons (Fsp3) is 0.933. The van der Waals surface area contributed by atoms with Gasteiger partial charge in [0.1, 0.15) is 0 Å². The van der Waals surface area contributed by atoms with Crippen molar-refractivity contribution >= 4 is 5.91 Å². The fourth-order valence-electron chi connectivity index (χ4n) is 2.48. The van der Waals surface area contributed by atoms with Gasteiger partial charge in [-0.25, -0.2) is 0 Å². The highest BCUT2D eigenvalue weighted by molar-refractivity contribution is 5.81. The number of nitrogens with one attached hydrogen (secondary N) is 2. The van der Waals surface area contributed by atoms with Crippen LogP contribution in [0.5, 0.6) is 0 Å². The minimum Gasteiger partial charge on any atom is -0.355 e. The topological polar surface area (TPSA) is 44.4 Å². The first-order valence-electron chi connectivity index (χ1n) is 7.79. The predicted molar refractivity (Wildman–Crippen MR) is 80.2 cm³/mol. The van der Waals surface area contributed by atoms with Crippen molar-refractivity contribution in [2.75, 3.05) is 26.2 Å². The van der Waals surface area contributed by atoms with Crippen molar-refractivity contribution in [2.24, 2.45) is 5.92 Å². The largest absolute Gasteiger partial charge is 0.355 e. The molecule has 0 spiro atoms. The number of unbranched alkanes of at least 4 members (excludes halogenated alkanes) is 1. The molecule has 1 saturated heterocycles. The zero-order chi connectivity index (χ0) is 14.3. The van der Waals surface area contributed by atoms with Gasteiger partial charge >= 0.3 is 0 Å². The number of hydrogen-bond donors (Lipinski definition) is 2. The second kappa shape index (κ2) is 8.54. The Morgan fingerprint density at radius 2 is 2.11 bits per heavy atom. The Balaban J connectivity index is 2.16. The highest BCUT2D eigenvalue weighted by Crippen LogP contribution is 2.17. The summed E-state index contributed by atoms with van der Waals surface area (Å²) in [5, 5.41) is 6.35. The first-order chi connectivity index (χ1) is 9.04. The summed E-state index contributed by atoms with van der Waals surface area (Å²) in [6.07, 6.45) is 3.43. The Labute approximate surface area is 118 Å². The molecule has 2 N–H and O–H groups in total. The Morgan fingerprint density at radius 1 is 1.37 bits per heavy atom. The van der Waals surface area contributed by atoms with E-state index >= 15 is 0 Å². The van der Waals surface area contributed by atoms with E-state index in [1.807, 2.05) is 6.92 Å². The summed E-state index contributed by atoms with van der Waals surface area (Å²) < 4.78 is 0. The summed E-state index contributed by atoms with van der Waals surface area (Å²) in [7, 11) is 0. The van der Waals surface area contributed by atoms with E-state index in [1.54, 1.807) is 0 Å². The van der Waals surface area contributed by atoms with Gasteiger partial charge in [0, 0.05) is 19.1 Å². The standard InChI is InChI=1S/C15H31N3O/c1-5-6-8-16-15(19)13(4)17-10-14-7-9-18(11-14)12(2)3/h12-14,17H,5-11H2,1-4H3,(H,16,19). The van der Waals surface area contributed by atoms with Gasteiger partial charge in [0.15, 0.2) is 0 Å². The molecule has 112 valence electrons. The van der Waals surface area contributed by atoms with Crippen molar-refractivity contribution in [1.29, 1.82) is 0 Å². The lowest BCUT2D eigenvalue weighted by Gasteiger charge is -2.21. The zero-order valence-corrected chi connectivity index (χ0v) is 13.0. The smallest absolute Gasteiger partial charge is 0.236 e. The Hall–Kier alpha value is -0.610. The molecule has 1 amide bonds. The van der Waals surface area contributed by atoms with Gasteiger partial charge in [0.25, 0.3) is 0 Å². The Bertz CT molecular complexity index is 268. The number of carbonyl (C=O) groups excluding carboxylic acids is 1. The lowest BCUT2D eigenvalue weighted by Crippen LogP contribution is -2.44. The molecule has 19 heavy (non-hydrogen) atoms. The van der Waals surface area contributed by atoms with E-state index in [9.17, 15) is 4.79 Å². The summed E-state index contributed by atoms with van der Waals surface area (Å²) in [6.45, 7) is 12.7. The highest BCUT2D eigenvalue weighted by atomic mass is 16.2. The second-order valence-electron chi connectivity index (χ2n) is 6.02. The normalized spacial score (nSPS) is 21.8. The summed E-state index contributed by atoms with van der Waals surface area (Å²) >= 11 is 0. The van der Waals surface area contributed by atoms with Crippen molar-refractivity contribution in [3.05, 3.63) is 0 Å². The number of rotatable bonds is 8. The molecule has 4 heteroatoms. The average Bonchev–Trinajstić information content (AvgIpc) is 2.85. The Morgan fingerprint density at radius 3 is 2.68 bits per heavy atom. The molecule has 0 bridgehead atoms. The third kappa shape index (κ3) is 5.91. The van der Waals surface area contributed by atoms with E-state index in [4.69, 9.17) is 0 Å². The molecule has 0 radical (unpaired) electrons. The van der Waals surface area contributed by atoms with Gasteiger partial charge in [-0.2, -0.15) is 0 Å². The summed E-state index contributed by atoms with van der Waals surface area (Å²) in [6, 6.07) is 0.560. The number of nitrogens with zero attached hydrogens (tertiary/aromatic N) is 1. The van der Waals surface area contributed by atoms with Crippen LogP contribution in [0.1, 0.15) is 47.0 Å². The summed E-state index contributed by atoms with van der Waals surface area (Å²) in [5.74, 6) is 0.820. The molecule has 1 aliphatic heterocycles. The second-order valence-corrected chi connectivity index (χ2v) is 6.02. The van der Waals surface area contributed by atoms with Crippen LogP contribution in [0.3, 0.4) is 0 Å². The van der Waals surface area contributed by atoms with E-state index in [0.29, 0.717) is 12.0 Å². The summed E-state index contributed by atoms with van der Waals surface area (Å²) in [4.78, 5) is 14.3. The molecule has 1 rings (SSSR count). The van der Waals surface area contributed by atoms with Crippen LogP contribution in [0, 0.1) is 5.92 Å². The van der Waals surface area contributed by atoms with Crippen LogP contribution in [-0.4, -0.2) is 49.1 Å². The molecule has 1 fully saturated rings. The minimum absolute atomic E-state index is 0.0787. The maximum absolute atomic E-state index is 11.8. The van der Waals surface area contributed by atoms with Crippen LogP contribution in [0.15, 0.2) is 0 Å². The van der Waals surface area contributed by atoms with Crippen LogP contribution in [0.4, 0.5) is 0 Å². The Kier molecular flexibility index (Phi) is 7.39. The summed E-state index contributed by atoms with van der Waals surface area (Å²) in [5.41, 5.74) is 0. The molecule has 0 aromatic heterocycles. The number of hydrogen-bond acceptors (Lipinski definition) is 3. The SMILES string of the molecule is CCCCNC(=O)C(C)NCC1CCN(C(C)C)C1. The van der Waals surface area contributed by atoms with Crippen LogP contribution in [-0.2, 0) is 4.79 Å². The number of carbonyl (C=O) groups is 1. The van der Waals surface area contributed by atoms with E-state index in [1.165, 1.54) is 13.0 Å². The van der Waals surface area contributed by atoms with Gasteiger partial charge in [-0.3, -0.25) is 4.79 Å². The molecule has 1 heterocycles. The van der Waals surface area contributed by atoms with Crippen molar-refractivity contribution in [2.45, 2.75) is 59.0 Å². The molecule has 0 saturated carbocycles. The van der Waals surface area contributed by atoms with E-state index in [2.05, 4.69) is 36.3 Å². The molecular formula is C15H31N3O. The zero-order valence-electron chi connectivity index (χ0n) is 13.0. The van der Waals surface area contributed by atoms with Gasteiger partial charge in [0.2, 0.25) is 5.91 Å². The molecular weight excluding hydrogens is 238 g/mol. The van der Waals surface area contributed by atoms with Gasteiger partial charge in [0.05, 0.1) is 6.04 Å². The molecule has 2 unspecified atom stereocenters. The number of likely N-dealkylation sites (tertiary alicyclic amines) is 1. The van der Waals surface area contributed by atoms with Crippen LogP contribution < -0.4 is 10.6 Å². The van der Waals surface area contributed by atoms with Crippen LogP contribution in [0.2, 0.25) is 0 Å². The van der Waals surface area contributed by atoms with Crippen LogP contribution in [0.25, 0.3) is 0 Å². The lowest BCUT2D eigenvalue weighted by molar-refractivity contribution is -0.122. The monoisotopic (exact) mass is 269 g/mol. The molecule has 0 aromatic carbocycles. The third-order valence-corrected chi connectivity index (χ3v) is 3.98. The maximum atomic E-state index is 11.8. The molecule has 4 nitrogen and oxygen atoms in total. The van der Waals surface area contributed by atoms with Crippen molar-refractivity contribution < 1.29 is 4.79 Å². The van der Waals surface area contributed by atoms with E-state index in [-0.39, 0.29) is 11.9 Å². The highest BCUT2D eigenvalue weighted by Gasteiger charge is 2.24. The fourth-order valence-corrected chi connectivity index (χ4v) is 2.48. The third-order valence-electron chi connectivity index (χ3n) is 3.98. The first-order valence-corrected chi connectivity index (χ1v) is 7.79. The lowest BCUT2D eigenvalue weighted by atomic mass is 10.1. The van der Waals surface area contributed by atoms with Gasteiger partial charge < -0.3 is 15.5 Å². The average molecular weight is 269 g/mol.